The standard InChI is InChI=1S/C41H42N4O5/c1-41(2,3)50-40(48)44-37-21-26-12-4-5-13-27(26)23-45(38(37)46)24-29(20-28-22-42-36-19-11-10-14-30(28)36)43-39(47)49-25-35-33-17-8-6-15-31(33)32-16-7-9-18-34(32)35/h4-19,22,29,35,37,42H,20-21,23-25H2,1-3H3,(H,43,47)(H,44,48)/t29-,37?/m0/s1. The van der Waals surface area contributed by atoms with Crippen LogP contribution in [0.1, 0.15) is 54.5 Å². The van der Waals surface area contributed by atoms with E-state index in [0.29, 0.717) is 19.4 Å². The first-order valence-corrected chi connectivity index (χ1v) is 17.1. The fraction of sp³-hybridized carbons (Fsp3) is 0.293. The smallest absolute Gasteiger partial charge is 0.408 e. The normalized spacial score (nSPS) is 16.2. The monoisotopic (exact) mass is 670 g/mol. The minimum Gasteiger partial charge on any atom is -0.449 e. The lowest BCUT2D eigenvalue weighted by Gasteiger charge is -2.30. The van der Waals surface area contributed by atoms with Crippen LogP contribution in [0.5, 0.6) is 0 Å². The molecule has 1 aliphatic carbocycles. The number of hydrogen-bond acceptors (Lipinski definition) is 5. The number of carbonyl (C=O) groups excluding carboxylic acids is 3. The van der Waals surface area contributed by atoms with Crippen LogP contribution >= 0.6 is 0 Å². The SMILES string of the molecule is CC(C)(C)OC(=O)NC1Cc2ccccc2CN(C[C@H](Cc2c[nH]c3ccccc23)NC(=O)OCC2c3ccccc3-c3ccccc32)C1=O. The summed E-state index contributed by atoms with van der Waals surface area (Å²) in [5.41, 5.74) is 7.83. The second-order valence-corrected chi connectivity index (χ2v) is 14.1. The zero-order valence-corrected chi connectivity index (χ0v) is 28.6. The number of amides is 3. The van der Waals surface area contributed by atoms with Crippen molar-refractivity contribution in [3.05, 3.63) is 131 Å². The molecule has 5 aromatic rings. The van der Waals surface area contributed by atoms with Crippen molar-refractivity contribution in [3.8, 4) is 11.1 Å². The van der Waals surface area contributed by atoms with Gasteiger partial charge in [0.1, 0.15) is 18.2 Å². The Morgan fingerprint density at radius 1 is 0.860 bits per heavy atom. The summed E-state index contributed by atoms with van der Waals surface area (Å²) in [5, 5.41) is 6.97. The van der Waals surface area contributed by atoms with Gasteiger partial charge in [-0.15, -0.1) is 0 Å². The van der Waals surface area contributed by atoms with Crippen molar-refractivity contribution in [1.82, 2.24) is 20.5 Å². The average molecular weight is 671 g/mol. The summed E-state index contributed by atoms with van der Waals surface area (Å²) in [6, 6.07) is 31.0. The van der Waals surface area contributed by atoms with E-state index < -0.39 is 29.9 Å². The highest BCUT2D eigenvalue weighted by atomic mass is 16.6. The fourth-order valence-corrected chi connectivity index (χ4v) is 7.24. The number of aromatic amines is 1. The van der Waals surface area contributed by atoms with Gasteiger partial charge in [0.15, 0.2) is 0 Å². The van der Waals surface area contributed by atoms with Gasteiger partial charge in [0.2, 0.25) is 5.91 Å². The van der Waals surface area contributed by atoms with Gasteiger partial charge >= 0.3 is 12.2 Å². The second kappa shape index (κ2) is 13.7. The zero-order chi connectivity index (χ0) is 34.8. The molecule has 0 bridgehead atoms. The van der Waals surface area contributed by atoms with Gasteiger partial charge in [-0.25, -0.2) is 9.59 Å². The Morgan fingerprint density at radius 2 is 1.50 bits per heavy atom. The largest absolute Gasteiger partial charge is 0.449 e. The molecule has 0 saturated carbocycles. The number of carbonyl (C=O) groups is 3. The van der Waals surface area contributed by atoms with E-state index in [-0.39, 0.29) is 25.0 Å². The minimum absolute atomic E-state index is 0.0800. The Bertz CT molecular complexity index is 2000. The molecule has 0 spiro atoms. The number of aromatic nitrogens is 1. The summed E-state index contributed by atoms with van der Waals surface area (Å²) in [4.78, 5) is 45.7. The van der Waals surface area contributed by atoms with E-state index in [2.05, 4.69) is 39.9 Å². The van der Waals surface area contributed by atoms with E-state index in [4.69, 9.17) is 9.47 Å². The molecule has 1 aromatic heterocycles. The lowest BCUT2D eigenvalue weighted by Crippen LogP contribution is -2.53. The van der Waals surface area contributed by atoms with E-state index in [1.807, 2.05) is 79.0 Å². The van der Waals surface area contributed by atoms with E-state index in [1.165, 1.54) is 0 Å². The summed E-state index contributed by atoms with van der Waals surface area (Å²) in [6.07, 6.45) is 1.52. The van der Waals surface area contributed by atoms with Crippen LogP contribution in [0.2, 0.25) is 0 Å². The zero-order valence-electron chi connectivity index (χ0n) is 28.6. The fourth-order valence-electron chi connectivity index (χ4n) is 7.24. The van der Waals surface area contributed by atoms with Crippen molar-refractivity contribution in [2.75, 3.05) is 13.2 Å². The third kappa shape index (κ3) is 7.08. The number of nitrogens with zero attached hydrogens (tertiary/aromatic N) is 1. The molecule has 1 unspecified atom stereocenters. The lowest BCUT2D eigenvalue weighted by atomic mass is 9.98. The molecule has 2 atom stereocenters. The van der Waals surface area contributed by atoms with Gasteiger partial charge in [-0.3, -0.25) is 4.79 Å². The van der Waals surface area contributed by atoms with Crippen molar-refractivity contribution in [3.63, 3.8) is 0 Å². The molecule has 2 aliphatic rings. The topological polar surface area (TPSA) is 113 Å². The number of nitrogens with one attached hydrogen (secondary N) is 3. The average Bonchev–Trinajstić information content (AvgIpc) is 3.61. The van der Waals surface area contributed by atoms with E-state index in [9.17, 15) is 14.4 Å². The first-order valence-electron chi connectivity index (χ1n) is 17.1. The van der Waals surface area contributed by atoms with Gasteiger partial charge < -0.3 is 30.0 Å². The molecular weight excluding hydrogens is 628 g/mol. The Balaban J connectivity index is 1.13. The van der Waals surface area contributed by atoms with Crippen LogP contribution in [-0.2, 0) is 33.7 Å². The molecule has 3 N–H and O–H groups in total. The second-order valence-electron chi connectivity index (χ2n) is 14.1. The van der Waals surface area contributed by atoms with E-state index in [1.54, 1.807) is 25.7 Å². The number of rotatable bonds is 8. The molecule has 9 nitrogen and oxygen atoms in total. The molecule has 2 heterocycles. The number of hydrogen-bond donors (Lipinski definition) is 3. The number of alkyl carbamates (subject to hydrolysis) is 2. The van der Waals surface area contributed by atoms with Crippen molar-refractivity contribution in [2.45, 2.75) is 63.8 Å². The maximum atomic E-state index is 14.2. The van der Waals surface area contributed by atoms with Gasteiger partial charge in [-0.05, 0) is 72.2 Å². The maximum absolute atomic E-state index is 14.2. The lowest BCUT2D eigenvalue weighted by molar-refractivity contribution is -0.134. The number of benzene rings is 4. The molecule has 256 valence electrons. The molecule has 0 saturated heterocycles. The molecule has 7 rings (SSSR count). The number of para-hydroxylation sites is 1. The summed E-state index contributed by atoms with van der Waals surface area (Å²) < 4.78 is 11.5. The summed E-state index contributed by atoms with van der Waals surface area (Å²) in [6.45, 7) is 6.06. The van der Waals surface area contributed by atoms with Crippen LogP contribution in [0.15, 0.2) is 103 Å². The molecule has 3 amide bonds. The minimum atomic E-state index is -0.836. The molecule has 50 heavy (non-hydrogen) atoms. The molecule has 0 radical (unpaired) electrons. The van der Waals surface area contributed by atoms with Crippen LogP contribution in [0.25, 0.3) is 22.0 Å². The Labute approximate surface area is 292 Å². The van der Waals surface area contributed by atoms with Gasteiger partial charge in [0.05, 0.1) is 6.04 Å². The highest BCUT2D eigenvalue weighted by Crippen LogP contribution is 2.44. The third-order valence-electron chi connectivity index (χ3n) is 9.45. The summed E-state index contributed by atoms with van der Waals surface area (Å²) in [7, 11) is 0. The third-order valence-corrected chi connectivity index (χ3v) is 9.45. The molecule has 1 aliphatic heterocycles. The van der Waals surface area contributed by atoms with Crippen LogP contribution in [0, 0.1) is 0 Å². The highest BCUT2D eigenvalue weighted by Gasteiger charge is 2.34. The Hall–Kier alpha value is -5.57. The molecular formula is C41H42N4O5. The van der Waals surface area contributed by atoms with Crippen molar-refractivity contribution in [2.24, 2.45) is 0 Å². The highest BCUT2D eigenvalue weighted by molar-refractivity contribution is 5.87. The molecule has 0 fully saturated rings. The molecule has 9 heteroatoms. The van der Waals surface area contributed by atoms with Crippen molar-refractivity contribution in [1.29, 1.82) is 0 Å². The Morgan fingerprint density at radius 3 is 2.22 bits per heavy atom. The quantitative estimate of drug-likeness (QED) is 0.163. The van der Waals surface area contributed by atoms with Gasteiger partial charge in [-0.2, -0.15) is 0 Å². The summed E-state index contributed by atoms with van der Waals surface area (Å²) in [5.74, 6) is -0.325. The maximum Gasteiger partial charge on any atom is 0.408 e. The summed E-state index contributed by atoms with van der Waals surface area (Å²) >= 11 is 0. The predicted molar refractivity (Wildman–Crippen MR) is 193 cm³/mol. The van der Waals surface area contributed by atoms with Crippen LogP contribution < -0.4 is 10.6 Å². The number of fused-ring (bicyclic) bond motifs is 5. The van der Waals surface area contributed by atoms with Crippen LogP contribution in [0.4, 0.5) is 9.59 Å². The number of ether oxygens (including phenoxy) is 2. The van der Waals surface area contributed by atoms with Gasteiger partial charge in [0.25, 0.3) is 0 Å². The first kappa shape index (κ1) is 33.0. The van der Waals surface area contributed by atoms with Crippen molar-refractivity contribution < 1.29 is 23.9 Å². The Kier molecular flexibility index (Phi) is 9.06. The first-order chi connectivity index (χ1) is 24.1. The van der Waals surface area contributed by atoms with Crippen LogP contribution in [-0.4, -0.2) is 58.8 Å². The molecule has 4 aromatic carbocycles. The van der Waals surface area contributed by atoms with E-state index in [0.717, 1.165) is 49.8 Å². The van der Waals surface area contributed by atoms with E-state index >= 15 is 0 Å². The van der Waals surface area contributed by atoms with Crippen LogP contribution in [0.3, 0.4) is 0 Å². The number of H-pyrrole nitrogens is 1. The predicted octanol–water partition coefficient (Wildman–Crippen LogP) is 7.10. The van der Waals surface area contributed by atoms with Crippen molar-refractivity contribution >= 4 is 29.0 Å². The van der Waals surface area contributed by atoms with Gasteiger partial charge in [0, 0.05) is 42.5 Å². The van der Waals surface area contributed by atoms with Gasteiger partial charge in [-0.1, -0.05) is 91.0 Å².